The molecule has 0 spiro atoms. The van der Waals surface area contributed by atoms with Gasteiger partial charge in [0.15, 0.2) is 0 Å². The fourth-order valence-corrected chi connectivity index (χ4v) is 3.77. The van der Waals surface area contributed by atoms with Crippen LogP contribution >= 0.6 is 22.9 Å². The minimum atomic E-state index is -0.775. The van der Waals surface area contributed by atoms with Gasteiger partial charge in [0, 0.05) is 23.7 Å². The predicted octanol–water partition coefficient (Wildman–Crippen LogP) is 1.69. The van der Waals surface area contributed by atoms with Crippen LogP contribution in [0.3, 0.4) is 0 Å². The third kappa shape index (κ3) is 4.57. The van der Waals surface area contributed by atoms with Crippen molar-refractivity contribution >= 4 is 34.8 Å². The van der Waals surface area contributed by atoms with Gasteiger partial charge in [0.25, 0.3) is 5.91 Å². The first-order valence-corrected chi connectivity index (χ1v) is 9.46. The molecule has 1 fully saturated rings. The number of thiazole rings is 1. The number of carbonyl (C=O) groups is 2. The lowest BCUT2D eigenvalue weighted by atomic mass is 10.1. The smallest absolute Gasteiger partial charge is 0.253 e. The van der Waals surface area contributed by atoms with E-state index < -0.39 is 12.1 Å². The van der Waals surface area contributed by atoms with Crippen molar-refractivity contribution in [3.8, 4) is 0 Å². The summed E-state index contributed by atoms with van der Waals surface area (Å²) in [5.74, 6) is -0.869. The number of aliphatic hydroxyl groups excluding tert-OH is 1. The second-order valence-electron chi connectivity index (χ2n) is 6.28. The fourth-order valence-electron chi connectivity index (χ4n) is 2.98. The van der Waals surface area contributed by atoms with Crippen molar-refractivity contribution in [3.05, 3.63) is 45.1 Å². The second-order valence-corrected chi connectivity index (χ2v) is 7.78. The van der Waals surface area contributed by atoms with E-state index in [1.807, 2.05) is 12.3 Å². The molecular formula is C17H19ClN4O3S. The molecular weight excluding hydrogens is 376 g/mol. The van der Waals surface area contributed by atoms with Crippen LogP contribution in [0.4, 0.5) is 0 Å². The summed E-state index contributed by atoms with van der Waals surface area (Å²) in [6, 6.07) is 1.02. The van der Waals surface area contributed by atoms with E-state index in [9.17, 15) is 14.7 Å². The van der Waals surface area contributed by atoms with E-state index in [1.165, 1.54) is 29.8 Å². The van der Waals surface area contributed by atoms with Gasteiger partial charge >= 0.3 is 0 Å². The zero-order chi connectivity index (χ0) is 18.7. The molecule has 3 atom stereocenters. The molecule has 0 aliphatic heterocycles. The molecule has 0 aromatic carbocycles. The summed E-state index contributed by atoms with van der Waals surface area (Å²) < 4.78 is 0. The molecule has 0 bridgehead atoms. The van der Waals surface area contributed by atoms with Gasteiger partial charge in [0.1, 0.15) is 0 Å². The van der Waals surface area contributed by atoms with Gasteiger partial charge in [0.2, 0.25) is 5.91 Å². The molecule has 2 aromatic heterocycles. The lowest BCUT2D eigenvalue weighted by Crippen LogP contribution is -2.40. The van der Waals surface area contributed by atoms with Gasteiger partial charge in [0.05, 0.1) is 40.0 Å². The first kappa shape index (κ1) is 18.8. The highest BCUT2D eigenvalue weighted by molar-refractivity contribution is 7.09. The summed E-state index contributed by atoms with van der Waals surface area (Å²) in [5, 5.41) is 19.0. The normalized spacial score (nSPS) is 22.2. The number of carbonyl (C=O) groups excluding carboxylic acids is 2. The maximum atomic E-state index is 12.3. The number of rotatable bonds is 5. The number of aliphatic hydroxyl groups is 1. The average molecular weight is 395 g/mol. The Morgan fingerprint density at radius 1 is 1.38 bits per heavy atom. The average Bonchev–Trinajstić information content (AvgIpc) is 3.19. The molecule has 3 N–H and O–H groups in total. The largest absolute Gasteiger partial charge is 0.391 e. The maximum absolute atomic E-state index is 12.3. The molecule has 26 heavy (non-hydrogen) atoms. The third-order valence-corrected chi connectivity index (χ3v) is 5.32. The third-order valence-electron chi connectivity index (χ3n) is 4.29. The lowest BCUT2D eigenvalue weighted by Gasteiger charge is -2.16. The topological polar surface area (TPSA) is 104 Å². The molecule has 3 rings (SSSR count). The minimum Gasteiger partial charge on any atom is -0.391 e. The van der Waals surface area contributed by atoms with E-state index in [-0.39, 0.29) is 17.7 Å². The fraction of sp³-hybridized carbons (Fsp3) is 0.412. The Morgan fingerprint density at radius 2 is 2.19 bits per heavy atom. The Morgan fingerprint density at radius 3 is 2.88 bits per heavy atom. The SMILES string of the molecule is Cc1nc(CNC(=O)[C@@H]2C[C@@H](O)[C@H](NC(=O)c3cncc(Cl)c3)C2)cs1. The number of aryl methyl sites for hydroxylation is 1. The van der Waals surface area contributed by atoms with Crippen LogP contribution < -0.4 is 10.6 Å². The van der Waals surface area contributed by atoms with E-state index in [0.29, 0.717) is 30.0 Å². The predicted molar refractivity (Wildman–Crippen MR) is 97.9 cm³/mol. The van der Waals surface area contributed by atoms with Crippen molar-refractivity contribution in [2.24, 2.45) is 5.92 Å². The summed E-state index contributed by atoms with van der Waals surface area (Å²) in [6.45, 7) is 2.27. The summed E-state index contributed by atoms with van der Waals surface area (Å²) in [5.41, 5.74) is 1.13. The molecule has 1 saturated carbocycles. The Bertz CT molecular complexity index is 813. The number of amides is 2. The van der Waals surface area contributed by atoms with E-state index in [0.717, 1.165) is 10.7 Å². The Labute approximate surface area is 159 Å². The number of nitrogens with zero attached hydrogens (tertiary/aromatic N) is 2. The Kier molecular flexibility index (Phi) is 5.85. The van der Waals surface area contributed by atoms with Crippen LogP contribution in [0.25, 0.3) is 0 Å². The van der Waals surface area contributed by atoms with Gasteiger partial charge in [-0.2, -0.15) is 0 Å². The number of halogens is 1. The van der Waals surface area contributed by atoms with Crippen LogP contribution in [0.15, 0.2) is 23.8 Å². The molecule has 1 aliphatic carbocycles. The first-order valence-electron chi connectivity index (χ1n) is 8.20. The van der Waals surface area contributed by atoms with Gasteiger partial charge < -0.3 is 15.7 Å². The van der Waals surface area contributed by atoms with Crippen molar-refractivity contribution in [3.63, 3.8) is 0 Å². The van der Waals surface area contributed by atoms with Crippen molar-refractivity contribution in [2.75, 3.05) is 0 Å². The van der Waals surface area contributed by atoms with Crippen LogP contribution in [0.2, 0.25) is 5.02 Å². The molecule has 2 heterocycles. The highest BCUT2D eigenvalue weighted by Crippen LogP contribution is 2.27. The van der Waals surface area contributed by atoms with Crippen LogP contribution in [-0.4, -0.2) is 39.0 Å². The molecule has 7 nitrogen and oxygen atoms in total. The summed E-state index contributed by atoms with van der Waals surface area (Å²) in [7, 11) is 0. The standard InChI is InChI=1S/C17H19ClN4O3S/c1-9-21-13(8-26-9)7-20-16(24)10-3-14(15(23)4-10)22-17(25)11-2-12(18)6-19-5-11/h2,5-6,8,10,14-15,23H,3-4,7H2,1H3,(H,20,24)(H,22,25)/t10-,14+,15+/m0/s1. The maximum Gasteiger partial charge on any atom is 0.253 e. The quantitative estimate of drug-likeness (QED) is 0.715. The van der Waals surface area contributed by atoms with Crippen molar-refractivity contribution in [1.29, 1.82) is 0 Å². The highest BCUT2D eigenvalue weighted by Gasteiger charge is 2.37. The van der Waals surface area contributed by atoms with E-state index in [4.69, 9.17) is 11.6 Å². The van der Waals surface area contributed by atoms with Crippen molar-refractivity contribution in [1.82, 2.24) is 20.6 Å². The van der Waals surface area contributed by atoms with Gasteiger partial charge in [-0.3, -0.25) is 14.6 Å². The van der Waals surface area contributed by atoms with Crippen LogP contribution in [0.1, 0.15) is 33.9 Å². The van der Waals surface area contributed by atoms with E-state index in [2.05, 4.69) is 20.6 Å². The lowest BCUT2D eigenvalue weighted by molar-refractivity contribution is -0.125. The molecule has 2 amide bonds. The second kappa shape index (κ2) is 8.11. The molecule has 9 heteroatoms. The Balaban J connectivity index is 1.53. The molecule has 0 saturated heterocycles. The Hall–Kier alpha value is -2.03. The highest BCUT2D eigenvalue weighted by atomic mass is 35.5. The van der Waals surface area contributed by atoms with E-state index >= 15 is 0 Å². The molecule has 0 radical (unpaired) electrons. The van der Waals surface area contributed by atoms with Gasteiger partial charge in [-0.05, 0) is 25.8 Å². The van der Waals surface area contributed by atoms with Crippen molar-refractivity contribution < 1.29 is 14.7 Å². The monoisotopic (exact) mass is 394 g/mol. The van der Waals surface area contributed by atoms with Crippen molar-refractivity contribution in [2.45, 2.75) is 38.5 Å². The molecule has 2 aromatic rings. The number of nitrogens with one attached hydrogen (secondary N) is 2. The number of aromatic nitrogens is 2. The molecule has 138 valence electrons. The zero-order valence-corrected chi connectivity index (χ0v) is 15.7. The molecule has 0 unspecified atom stereocenters. The van der Waals surface area contributed by atoms with Crippen LogP contribution in [0, 0.1) is 12.8 Å². The van der Waals surface area contributed by atoms with E-state index in [1.54, 1.807) is 0 Å². The van der Waals surface area contributed by atoms with Crippen LogP contribution in [-0.2, 0) is 11.3 Å². The van der Waals surface area contributed by atoms with Gasteiger partial charge in [-0.15, -0.1) is 11.3 Å². The number of pyridine rings is 1. The zero-order valence-electron chi connectivity index (χ0n) is 14.1. The van der Waals surface area contributed by atoms with Gasteiger partial charge in [-0.25, -0.2) is 4.98 Å². The molecule has 1 aliphatic rings. The minimum absolute atomic E-state index is 0.143. The number of hydrogen-bond donors (Lipinski definition) is 3. The van der Waals surface area contributed by atoms with Gasteiger partial charge in [-0.1, -0.05) is 11.6 Å². The van der Waals surface area contributed by atoms with Crippen LogP contribution in [0.5, 0.6) is 0 Å². The summed E-state index contributed by atoms with van der Waals surface area (Å²) in [6.07, 6.45) is 2.75. The first-order chi connectivity index (χ1) is 12.4. The summed E-state index contributed by atoms with van der Waals surface area (Å²) in [4.78, 5) is 32.8. The summed E-state index contributed by atoms with van der Waals surface area (Å²) >= 11 is 7.37. The number of hydrogen-bond acceptors (Lipinski definition) is 6.